The molecule has 2 aliphatic rings. The van der Waals surface area contributed by atoms with Crippen LogP contribution in [0.3, 0.4) is 0 Å². The van der Waals surface area contributed by atoms with Gasteiger partial charge in [-0.05, 0) is 64.3 Å². The van der Waals surface area contributed by atoms with Gasteiger partial charge in [0.1, 0.15) is 17.5 Å². The minimum atomic E-state index is -3.66. The van der Waals surface area contributed by atoms with Crippen molar-refractivity contribution in [2.75, 3.05) is 19.7 Å². The summed E-state index contributed by atoms with van der Waals surface area (Å²) in [5.74, 6) is 0.732. The molecule has 1 unspecified atom stereocenters. The summed E-state index contributed by atoms with van der Waals surface area (Å²) >= 11 is 0. The molecule has 1 aromatic carbocycles. The van der Waals surface area contributed by atoms with Crippen LogP contribution >= 0.6 is 0 Å². The predicted octanol–water partition coefficient (Wildman–Crippen LogP) is 2.05. The third-order valence-corrected chi connectivity index (χ3v) is 7.15. The molecule has 8 nitrogen and oxygen atoms in total. The predicted molar refractivity (Wildman–Crippen MR) is 107 cm³/mol. The number of rotatable bonds is 4. The molecule has 1 saturated heterocycles. The first-order valence-electron chi connectivity index (χ1n) is 9.86. The van der Waals surface area contributed by atoms with Gasteiger partial charge in [-0.15, -0.1) is 0 Å². The van der Waals surface area contributed by atoms with E-state index in [2.05, 4.69) is 5.32 Å². The lowest BCUT2D eigenvalue weighted by atomic mass is 9.89. The third-order valence-electron chi connectivity index (χ3n) is 5.25. The van der Waals surface area contributed by atoms with Crippen molar-refractivity contribution in [1.29, 1.82) is 0 Å². The van der Waals surface area contributed by atoms with Crippen molar-refractivity contribution in [1.82, 2.24) is 9.62 Å². The molecule has 9 heteroatoms. The number of hydrogen-bond donors (Lipinski definition) is 2. The van der Waals surface area contributed by atoms with Crippen molar-refractivity contribution in [2.45, 2.75) is 69.1 Å². The fourth-order valence-corrected chi connectivity index (χ4v) is 5.20. The highest BCUT2D eigenvalue weighted by molar-refractivity contribution is 7.89. The molecular weight excluding hydrogens is 396 g/mol. The fourth-order valence-electron chi connectivity index (χ4n) is 3.71. The highest BCUT2D eigenvalue weighted by atomic mass is 32.2. The molecule has 0 spiro atoms. The van der Waals surface area contributed by atoms with Crippen LogP contribution in [0.2, 0.25) is 0 Å². The lowest BCUT2D eigenvalue weighted by molar-refractivity contribution is 0.0324. The summed E-state index contributed by atoms with van der Waals surface area (Å²) in [6.45, 7) is 7.34. The van der Waals surface area contributed by atoms with Gasteiger partial charge in [0.05, 0.1) is 17.0 Å². The highest BCUT2D eigenvalue weighted by Crippen LogP contribution is 2.33. The van der Waals surface area contributed by atoms with Crippen molar-refractivity contribution in [3.8, 4) is 5.75 Å². The molecular formula is C20H30N2O6S. The zero-order valence-electron chi connectivity index (χ0n) is 17.4. The molecule has 0 bridgehead atoms. The van der Waals surface area contributed by atoms with Gasteiger partial charge in [-0.3, -0.25) is 0 Å². The normalized spacial score (nSPS) is 21.9. The summed E-state index contributed by atoms with van der Waals surface area (Å²) in [4.78, 5) is 12.4. The molecule has 0 saturated carbocycles. The van der Waals surface area contributed by atoms with E-state index >= 15 is 0 Å². The maximum atomic E-state index is 13.1. The zero-order valence-corrected chi connectivity index (χ0v) is 18.2. The number of fused-ring (bicyclic) bond motifs is 1. The molecule has 0 aliphatic carbocycles. The molecule has 0 radical (unpaired) electrons. The number of alkyl carbamates (subject to hydrolysis) is 1. The van der Waals surface area contributed by atoms with Gasteiger partial charge >= 0.3 is 6.09 Å². The number of amides is 1. The number of carbonyl (C=O) groups excluding carboxylic acids is 1. The number of ether oxygens (including phenoxy) is 2. The fraction of sp³-hybridized carbons (Fsp3) is 0.650. The Morgan fingerprint density at radius 1 is 1.34 bits per heavy atom. The van der Waals surface area contributed by atoms with Gasteiger partial charge in [0.15, 0.2) is 0 Å². The highest BCUT2D eigenvalue weighted by Gasteiger charge is 2.40. The summed E-state index contributed by atoms with van der Waals surface area (Å²) in [6.07, 6.45) is 0.712. The van der Waals surface area contributed by atoms with Gasteiger partial charge in [-0.1, -0.05) is 0 Å². The number of piperidine rings is 1. The standard InChI is InChI=1S/C20H30N2O6S/c1-14-11-15-12-16(5-6-17(15)27-14)29(25,26)22-9-7-20(13-23,8-10-22)21-18(24)28-19(2,3)4/h5-6,12,14,23H,7-11,13H2,1-4H3,(H,21,24). The monoisotopic (exact) mass is 426 g/mol. The molecule has 29 heavy (non-hydrogen) atoms. The molecule has 0 aromatic heterocycles. The Morgan fingerprint density at radius 2 is 2.00 bits per heavy atom. The molecule has 1 aromatic rings. The first-order chi connectivity index (χ1) is 13.4. The zero-order chi connectivity index (χ0) is 21.4. The quantitative estimate of drug-likeness (QED) is 0.763. The summed E-state index contributed by atoms with van der Waals surface area (Å²) in [5.41, 5.74) is -0.651. The van der Waals surface area contributed by atoms with Crippen molar-refractivity contribution in [2.24, 2.45) is 0 Å². The van der Waals surface area contributed by atoms with E-state index in [9.17, 15) is 18.3 Å². The number of carbonyl (C=O) groups is 1. The number of sulfonamides is 1. The van der Waals surface area contributed by atoms with Gasteiger partial charge < -0.3 is 19.9 Å². The van der Waals surface area contributed by atoms with Crippen LogP contribution in [0.1, 0.15) is 46.1 Å². The molecule has 3 rings (SSSR count). The van der Waals surface area contributed by atoms with Crippen molar-refractivity contribution in [3.63, 3.8) is 0 Å². The Bertz CT molecular complexity index is 869. The number of nitrogens with one attached hydrogen (secondary N) is 1. The lowest BCUT2D eigenvalue weighted by Gasteiger charge is -2.40. The van der Waals surface area contributed by atoms with Gasteiger partial charge in [-0.2, -0.15) is 4.31 Å². The molecule has 1 atom stereocenters. The first-order valence-corrected chi connectivity index (χ1v) is 11.3. The van der Waals surface area contributed by atoms with E-state index in [1.54, 1.807) is 39.0 Å². The molecule has 2 N–H and O–H groups in total. The topological polar surface area (TPSA) is 105 Å². The van der Waals surface area contributed by atoms with Crippen LogP contribution in [0.25, 0.3) is 0 Å². The Hall–Kier alpha value is -1.84. The van der Waals surface area contributed by atoms with Crippen LogP contribution in [0.15, 0.2) is 23.1 Å². The van der Waals surface area contributed by atoms with Crippen LogP contribution in [0.4, 0.5) is 4.79 Å². The number of aliphatic hydroxyl groups excluding tert-OH is 1. The SMILES string of the molecule is CC1Cc2cc(S(=O)(=O)N3CCC(CO)(NC(=O)OC(C)(C)C)CC3)ccc2O1. The maximum absolute atomic E-state index is 13.1. The van der Waals surface area contributed by atoms with E-state index < -0.39 is 27.3 Å². The largest absolute Gasteiger partial charge is 0.490 e. The number of benzene rings is 1. The Morgan fingerprint density at radius 3 is 2.59 bits per heavy atom. The third kappa shape index (κ3) is 4.84. The van der Waals surface area contributed by atoms with E-state index in [-0.39, 0.29) is 30.7 Å². The Kier molecular flexibility index (Phi) is 5.86. The minimum absolute atomic E-state index is 0.0436. The van der Waals surface area contributed by atoms with Crippen LogP contribution in [-0.4, -0.2) is 60.9 Å². The summed E-state index contributed by atoms with van der Waals surface area (Å²) in [5, 5.41) is 12.6. The number of nitrogens with zero attached hydrogens (tertiary/aromatic N) is 1. The molecule has 2 aliphatic heterocycles. The van der Waals surface area contributed by atoms with Gasteiger partial charge in [-0.25, -0.2) is 13.2 Å². The Balaban J connectivity index is 1.69. The van der Waals surface area contributed by atoms with Crippen molar-refractivity contribution >= 4 is 16.1 Å². The van der Waals surface area contributed by atoms with Gasteiger partial charge in [0.25, 0.3) is 0 Å². The van der Waals surface area contributed by atoms with Gasteiger partial charge in [0.2, 0.25) is 10.0 Å². The minimum Gasteiger partial charge on any atom is -0.490 e. The van der Waals surface area contributed by atoms with Gasteiger partial charge in [0, 0.05) is 19.5 Å². The van der Waals surface area contributed by atoms with E-state index in [0.29, 0.717) is 19.3 Å². The smallest absolute Gasteiger partial charge is 0.408 e. The van der Waals surface area contributed by atoms with E-state index in [1.807, 2.05) is 6.92 Å². The van der Waals surface area contributed by atoms with Crippen LogP contribution in [-0.2, 0) is 21.2 Å². The first kappa shape index (κ1) is 21.9. The van der Waals surface area contributed by atoms with Crippen LogP contribution < -0.4 is 10.1 Å². The van der Waals surface area contributed by atoms with Crippen LogP contribution in [0.5, 0.6) is 5.75 Å². The van der Waals surface area contributed by atoms with Crippen LogP contribution in [0, 0.1) is 0 Å². The number of aliphatic hydroxyl groups is 1. The molecule has 162 valence electrons. The second kappa shape index (κ2) is 7.77. The van der Waals surface area contributed by atoms with E-state index in [1.165, 1.54) is 4.31 Å². The Labute approximate surface area is 172 Å². The molecule has 2 heterocycles. The summed E-state index contributed by atoms with van der Waals surface area (Å²) in [6, 6.07) is 4.96. The van der Waals surface area contributed by atoms with E-state index in [0.717, 1.165) is 11.3 Å². The second-order valence-electron chi connectivity index (χ2n) is 8.87. The van der Waals surface area contributed by atoms with Crippen molar-refractivity contribution in [3.05, 3.63) is 23.8 Å². The number of hydrogen-bond acceptors (Lipinski definition) is 6. The average Bonchev–Trinajstić information content (AvgIpc) is 2.99. The summed E-state index contributed by atoms with van der Waals surface area (Å²) < 4.78 is 38.5. The van der Waals surface area contributed by atoms with Crippen molar-refractivity contribution < 1.29 is 27.8 Å². The lowest BCUT2D eigenvalue weighted by Crippen LogP contribution is -2.58. The average molecular weight is 427 g/mol. The second-order valence-corrected chi connectivity index (χ2v) is 10.8. The molecule has 1 amide bonds. The summed E-state index contributed by atoms with van der Waals surface area (Å²) in [7, 11) is -3.66. The molecule has 1 fully saturated rings. The maximum Gasteiger partial charge on any atom is 0.408 e. The van der Waals surface area contributed by atoms with E-state index in [4.69, 9.17) is 9.47 Å².